The zero-order chi connectivity index (χ0) is 10.1. The van der Waals surface area contributed by atoms with Gasteiger partial charge in [0.2, 0.25) is 0 Å². The van der Waals surface area contributed by atoms with E-state index in [4.69, 9.17) is 0 Å². The van der Waals surface area contributed by atoms with E-state index in [9.17, 15) is 4.79 Å². The van der Waals surface area contributed by atoms with Crippen molar-refractivity contribution in [2.45, 2.75) is 13.8 Å². The monoisotopic (exact) mass is 259 g/mol. The number of ketones is 1. The topological polar surface area (TPSA) is 32.9 Å². The van der Waals surface area contributed by atoms with E-state index < -0.39 is 0 Å². The molecule has 0 spiro atoms. The van der Waals surface area contributed by atoms with Crippen molar-refractivity contribution in [2.24, 2.45) is 5.92 Å². The summed E-state index contributed by atoms with van der Waals surface area (Å²) in [6.45, 7) is 3.84. The number of aromatic nitrogens is 1. The van der Waals surface area contributed by atoms with Crippen LogP contribution >= 0.6 is 24.8 Å². The first kappa shape index (κ1) is 15.0. The average molecular weight is 260 g/mol. The van der Waals surface area contributed by atoms with Gasteiger partial charge < -0.3 is 4.98 Å². The Balaban J connectivity index is 0.00000112. The zero-order valence-electron chi connectivity index (χ0n) is 9.19. The summed E-state index contributed by atoms with van der Waals surface area (Å²) in [4.78, 5) is 14.8. The van der Waals surface area contributed by atoms with Crippen LogP contribution < -0.4 is 0 Å². The van der Waals surface area contributed by atoms with Crippen molar-refractivity contribution in [1.82, 2.24) is 4.98 Å². The summed E-state index contributed by atoms with van der Waals surface area (Å²) in [5.74, 6) is 0.263. The molecule has 1 aromatic heterocycles. The number of H-pyrrole nitrogens is 1. The minimum Gasteiger partial charge on any atom is -0.361 e. The fourth-order valence-electron chi connectivity index (χ4n) is 1.54. The molecule has 1 aromatic carbocycles. The van der Waals surface area contributed by atoms with Crippen LogP contribution in [0.3, 0.4) is 0 Å². The SMILES string of the molecule is CC(C)C(=O)c1ccc2[nH]ccc2c1.Cl.Cl. The second-order valence-corrected chi connectivity index (χ2v) is 3.80. The highest BCUT2D eigenvalue weighted by molar-refractivity contribution is 6.00. The van der Waals surface area contributed by atoms with E-state index in [1.54, 1.807) is 0 Å². The Morgan fingerprint density at radius 2 is 1.88 bits per heavy atom. The van der Waals surface area contributed by atoms with Crippen LogP contribution in [-0.4, -0.2) is 10.8 Å². The van der Waals surface area contributed by atoms with Crippen LogP contribution in [0.2, 0.25) is 0 Å². The van der Waals surface area contributed by atoms with Gasteiger partial charge in [-0.15, -0.1) is 24.8 Å². The van der Waals surface area contributed by atoms with Gasteiger partial charge in [0, 0.05) is 28.6 Å². The molecular weight excluding hydrogens is 245 g/mol. The molecule has 0 amide bonds. The van der Waals surface area contributed by atoms with E-state index in [0.29, 0.717) is 0 Å². The second kappa shape index (κ2) is 5.92. The molecule has 0 aliphatic rings. The van der Waals surface area contributed by atoms with Crippen molar-refractivity contribution >= 4 is 41.5 Å². The maximum absolute atomic E-state index is 11.7. The molecule has 0 fully saturated rings. The van der Waals surface area contributed by atoms with Crippen molar-refractivity contribution < 1.29 is 4.79 Å². The number of benzene rings is 1. The number of carbonyl (C=O) groups is 1. The molecule has 2 aromatic rings. The minimum absolute atomic E-state index is 0. The summed E-state index contributed by atoms with van der Waals surface area (Å²) < 4.78 is 0. The molecule has 4 heteroatoms. The first-order valence-corrected chi connectivity index (χ1v) is 4.80. The van der Waals surface area contributed by atoms with Gasteiger partial charge in [-0.1, -0.05) is 13.8 Å². The maximum Gasteiger partial charge on any atom is 0.165 e. The number of carbonyl (C=O) groups excluding carboxylic acids is 1. The Hall–Kier alpha value is -0.990. The first-order valence-electron chi connectivity index (χ1n) is 4.80. The summed E-state index contributed by atoms with van der Waals surface area (Å²) in [5.41, 5.74) is 1.87. The van der Waals surface area contributed by atoms with Gasteiger partial charge >= 0.3 is 0 Å². The Kier molecular flexibility index (Phi) is 5.56. The van der Waals surface area contributed by atoms with Gasteiger partial charge in [-0.2, -0.15) is 0 Å². The molecular formula is C12H15Cl2NO. The highest BCUT2D eigenvalue weighted by atomic mass is 35.5. The zero-order valence-corrected chi connectivity index (χ0v) is 10.8. The highest BCUT2D eigenvalue weighted by Crippen LogP contribution is 2.16. The van der Waals surface area contributed by atoms with Gasteiger partial charge in [-0.3, -0.25) is 4.79 Å². The molecule has 2 rings (SSSR count). The van der Waals surface area contributed by atoms with E-state index in [1.165, 1.54) is 0 Å². The van der Waals surface area contributed by atoms with Crippen molar-refractivity contribution in [2.75, 3.05) is 0 Å². The van der Waals surface area contributed by atoms with Gasteiger partial charge in [-0.05, 0) is 24.3 Å². The third-order valence-corrected chi connectivity index (χ3v) is 2.36. The van der Waals surface area contributed by atoms with Gasteiger partial charge in [0.1, 0.15) is 0 Å². The molecule has 1 heterocycles. The lowest BCUT2D eigenvalue weighted by Crippen LogP contribution is -2.06. The third-order valence-electron chi connectivity index (χ3n) is 2.36. The van der Waals surface area contributed by atoms with E-state index in [0.717, 1.165) is 16.5 Å². The van der Waals surface area contributed by atoms with Crippen molar-refractivity contribution in [3.05, 3.63) is 36.0 Å². The Morgan fingerprint density at radius 3 is 2.50 bits per heavy atom. The third kappa shape index (κ3) is 2.77. The molecule has 0 aliphatic heterocycles. The Bertz CT molecular complexity index is 477. The standard InChI is InChI=1S/C12H13NO.2ClH/c1-8(2)12(14)10-3-4-11-9(7-10)5-6-13-11;;/h3-8,13H,1-2H3;2*1H. The number of fused-ring (bicyclic) bond motifs is 1. The van der Waals surface area contributed by atoms with Crippen molar-refractivity contribution in [3.8, 4) is 0 Å². The average Bonchev–Trinajstić information content (AvgIpc) is 2.62. The minimum atomic E-state index is 0. The van der Waals surface area contributed by atoms with Crippen LogP contribution in [-0.2, 0) is 0 Å². The summed E-state index contributed by atoms with van der Waals surface area (Å²) >= 11 is 0. The molecule has 16 heavy (non-hydrogen) atoms. The number of nitrogens with one attached hydrogen (secondary N) is 1. The lowest BCUT2D eigenvalue weighted by atomic mass is 10.0. The van der Waals surface area contributed by atoms with E-state index in [1.807, 2.05) is 44.3 Å². The van der Waals surface area contributed by atoms with Crippen LogP contribution in [0, 0.1) is 5.92 Å². The van der Waals surface area contributed by atoms with Crippen LogP contribution in [0.15, 0.2) is 30.5 Å². The molecule has 0 saturated heterocycles. The van der Waals surface area contributed by atoms with Gasteiger partial charge in [-0.25, -0.2) is 0 Å². The van der Waals surface area contributed by atoms with Gasteiger partial charge in [0.05, 0.1) is 0 Å². The molecule has 0 saturated carbocycles. The molecule has 0 atom stereocenters. The van der Waals surface area contributed by atoms with E-state index in [-0.39, 0.29) is 36.5 Å². The van der Waals surface area contributed by atoms with Crippen LogP contribution in [0.4, 0.5) is 0 Å². The summed E-state index contributed by atoms with van der Waals surface area (Å²) in [6, 6.07) is 7.74. The molecule has 0 aliphatic carbocycles. The van der Waals surface area contributed by atoms with Crippen molar-refractivity contribution in [3.63, 3.8) is 0 Å². The number of aromatic amines is 1. The predicted molar refractivity (Wildman–Crippen MR) is 72.0 cm³/mol. The molecule has 1 N–H and O–H groups in total. The largest absolute Gasteiger partial charge is 0.361 e. The van der Waals surface area contributed by atoms with Crippen molar-refractivity contribution in [1.29, 1.82) is 0 Å². The first-order chi connectivity index (χ1) is 6.68. The molecule has 0 bridgehead atoms. The van der Waals surface area contributed by atoms with Gasteiger partial charge in [0.25, 0.3) is 0 Å². The van der Waals surface area contributed by atoms with Crippen LogP contribution in [0.1, 0.15) is 24.2 Å². The number of Topliss-reactive ketones (excluding diaryl/α,β-unsaturated/α-hetero) is 1. The second-order valence-electron chi connectivity index (χ2n) is 3.80. The molecule has 0 radical (unpaired) electrons. The lowest BCUT2D eigenvalue weighted by Gasteiger charge is -2.03. The predicted octanol–water partition coefficient (Wildman–Crippen LogP) is 3.85. The highest BCUT2D eigenvalue weighted by Gasteiger charge is 2.10. The van der Waals surface area contributed by atoms with E-state index >= 15 is 0 Å². The number of hydrogen-bond acceptors (Lipinski definition) is 1. The van der Waals surface area contributed by atoms with Gasteiger partial charge in [0.15, 0.2) is 5.78 Å². The number of rotatable bonds is 2. The quantitative estimate of drug-likeness (QED) is 0.817. The fourth-order valence-corrected chi connectivity index (χ4v) is 1.54. The summed E-state index contributed by atoms with van der Waals surface area (Å²) in [7, 11) is 0. The Morgan fingerprint density at radius 1 is 1.19 bits per heavy atom. The smallest absolute Gasteiger partial charge is 0.165 e. The summed E-state index contributed by atoms with van der Waals surface area (Å²) in [6.07, 6.45) is 1.88. The molecule has 2 nitrogen and oxygen atoms in total. The number of hydrogen-bond donors (Lipinski definition) is 1. The molecule has 88 valence electrons. The normalized spacial score (nSPS) is 9.69. The maximum atomic E-state index is 11.7. The lowest BCUT2D eigenvalue weighted by molar-refractivity contribution is 0.0939. The summed E-state index contributed by atoms with van der Waals surface area (Å²) in [5, 5.41) is 1.09. The van der Waals surface area contributed by atoms with Crippen LogP contribution in [0.25, 0.3) is 10.9 Å². The van der Waals surface area contributed by atoms with E-state index in [2.05, 4.69) is 4.98 Å². The number of halogens is 2. The van der Waals surface area contributed by atoms with Crippen LogP contribution in [0.5, 0.6) is 0 Å². The Labute approximate surface area is 107 Å². The molecule has 0 unspecified atom stereocenters. The fraction of sp³-hybridized carbons (Fsp3) is 0.250.